The first kappa shape index (κ1) is 22.7. The van der Waals surface area contributed by atoms with Crippen molar-refractivity contribution in [3.63, 3.8) is 0 Å². The highest BCUT2D eigenvalue weighted by molar-refractivity contribution is 5.82. The molecular formula is C23H24F3NO4. The summed E-state index contributed by atoms with van der Waals surface area (Å²) in [7, 11) is 0. The minimum absolute atomic E-state index is 0.00260. The molecule has 0 atom stereocenters. The lowest BCUT2D eigenvalue weighted by atomic mass is 9.95. The average Bonchev–Trinajstić information content (AvgIpc) is 2.69. The third-order valence-corrected chi connectivity index (χ3v) is 4.96. The molecule has 1 aromatic heterocycles. The molecule has 2 N–H and O–H groups in total. The molecule has 5 nitrogen and oxygen atoms in total. The summed E-state index contributed by atoms with van der Waals surface area (Å²) in [5.41, 5.74) is 1.40. The van der Waals surface area contributed by atoms with Gasteiger partial charge in [0.1, 0.15) is 17.9 Å². The van der Waals surface area contributed by atoms with E-state index in [1.165, 1.54) is 18.2 Å². The van der Waals surface area contributed by atoms with Gasteiger partial charge in [0.2, 0.25) is 0 Å². The van der Waals surface area contributed by atoms with Crippen LogP contribution in [0.2, 0.25) is 0 Å². The maximum absolute atomic E-state index is 13.6. The van der Waals surface area contributed by atoms with Gasteiger partial charge in [-0.25, -0.2) is 4.79 Å². The Bertz CT molecular complexity index is 1140. The maximum Gasteiger partial charge on any atom is 0.418 e. The summed E-state index contributed by atoms with van der Waals surface area (Å²) in [6.07, 6.45) is -4.61. The zero-order chi connectivity index (χ0) is 22.8. The van der Waals surface area contributed by atoms with Crippen molar-refractivity contribution in [2.75, 3.05) is 18.5 Å². The number of aryl methyl sites for hydroxylation is 1. The highest BCUT2D eigenvalue weighted by Crippen LogP contribution is 2.37. The van der Waals surface area contributed by atoms with Crippen molar-refractivity contribution in [1.82, 2.24) is 0 Å². The maximum atomic E-state index is 13.6. The number of aliphatic hydroxyl groups excluding tert-OH is 1. The van der Waals surface area contributed by atoms with Crippen LogP contribution in [0, 0.1) is 6.92 Å². The predicted molar refractivity (Wildman–Crippen MR) is 113 cm³/mol. The van der Waals surface area contributed by atoms with Crippen molar-refractivity contribution in [3.05, 3.63) is 69.1 Å². The van der Waals surface area contributed by atoms with Crippen molar-refractivity contribution in [2.24, 2.45) is 0 Å². The number of hydrogen-bond donors (Lipinski definition) is 2. The second-order valence-corrected chi connectivity index (χ2v) is 7.58. The number of benzene rings is 2. The van der Waals surface area contributed by atoms with Crippen LogP contribution in [0.5, 0.6) is 5.75 Å². The van der Waals surface area contributed by atoms with Gasteiger partial charge >= 0.3 is 11.8 Å². The molecule has 0 aliphatic carbocycles. The summed E-state index contributed by atoms with van der Waals surface area (Å²) in [6.45, 7) is 5.61. The Morgan fingerprint density at radius 2 is 1.90 bits per heavy atom. The largest absolute Gasteiger partial charge is 0.491 e. The highest BCUT2D eigenvalue weighted by atomic mass is 19.4. The number of fused-ring (bicyclic) bond motifs is 1. The minimum atomic E-state index is -4.61. The molecule has 1 heterocycles. The molecule has 0 spiro atoms. The van der Waals surface area contributed by atoms with Gasteiger partial charge in [-0.2, -0.15) is 13.2 Å². The third-order valence-electron chi connectivity index (χ3n) is 4.96. The van der Waals surface area contributed by atoms with Crippen molar-refractivity contribution in [2.45, 2.75) is 39.4 Å². The molecular weight excluding hydrogens is 411 g/mol. The van der Waals surface area contributed by atoms with E-state index in [1.807, 2.05) is 26.8 Å². The third kappa shape index (κ3) is 5.19. The Hall–Kier alpha value is -3.00. The van der Waals surface area contributed by atoms with Gasteiger partial charge < -0.3 is 19.6 Å². The molecule has 3 rings (SSSR count). The number of ether oxygens (including phenoxy) is 1. The topological polar surface area (TPSA) is 71.7 Å². The SMILES string of the molecule is Cc1cc2oc(=O)cc(CNc3ccc(OCCO)cc3C(F)(F)F)c2cc1C(C)C. The summed E-state index contributed by atoms with van der Waals surface area (Å²) < 4.78 is 51.1. The highest BCUT2D eigenvalue weighted by Gasteiger charge is 2.34. The molecule has 8 heteroatoms. The Labute approximate surface area is 177 Å². The Morgan fingerprint density at radius 1 is 1.16 bits per heavy atom. The van der Waals surface area contributed by atoms with Gasteiger partial charge in [0.25, 0.3) is 0 Å². The van der Waals surface area contributed by atoms with E-state index in [0.717, 1.165) is 17.2 Å². The molecule has 31 heavy (non-hydrogen) atoms. The minimum Gasteiger partial charge on any atom is -0.491 e. The van der Waals surface area contributed by atoms with Crippen LogP contribution in [0.1, 0.15) is 42.0 Å². The van der Waals surface area contributed by atoms with E-state index in [2.05, 4.69) is 5.32 Å². The van der Waals surface area contributed by atoms with E-state index in [4.69, 9.17) is 14.3 Å². The summed E-state index contributed by atoms with van der Waals surface area (Å²) in [4.78, 5) is 12.0. The normalized spacial score (nSPS) is 11.9. The molecule has 0 radical (unpaired) electrons. The first-order chi connectivity index (χ1) is 14.6. The van der Waals surface area contributed by atoms with Crippen LogP contribution in [0.3, 0.4) is 0 Å². The predicted octanol–water partition coefficient (Wildman–Crippen LogP) is 5.23. The number of halogens is 3. The Kier molecular flexibility index (Phi) is 6.59. The zero-order valence-electron chi connectivity index (χ0n) is 17.5. The van der Waals surface area contributed by atoms with Crippen LogP contribution < -0.4 is 15.7 Å². The van der Waals surface area contributed by atoms with Gasteiger partial charge in [-0.3, -0.25) is 0 Å². The van der Waals surface area contributed by atoms with Crippen LogP contribution in [-0.2, 0) is 12.7 Å². The fraction of sp³-hybridized carbons (Fsp3) is 0.348. The van der Waals surface area contributed by atoms with Crippen LogP contribution >= 0.6 is 0 Å². The number of anilines is 1. The molecule has 0 amide bonds. The van der Waals surface area contributed by atoms with Crippen molar-refractivity contribution in [1.29, 1.82) is 0 Å². The lowest BCUT2D eigenvalue weighted by Crippen LogP contribution is -2.13. The molecule has 0 aliphatic heterocycles. The van der Waals surface area contributed by atoms with E-state index in [1.54, 1.807) is 6.07 Å². The summed E-state index contributed by atoms with van der Waals surface area (Å²) >= 11 is 0. The molecule has 0 bridgehead atoms. The number of nitrogens with one attached hydrogen (secondary N) is 1. The standard InChI is InChI=1S/C23H24F3NO4/c1-13(2)17-11-18-15(9-22(29)31-21(18)8-14(17)3)12-27-20-5-4-16(30-7-6-28)10-19(20)23(24,25)26/h4-5,8-11,13,27-28H,6-7,12H2,1-3H3. The van der Waals surface area contributed by atoms with Crippen molar-refractivity contribution >= 4 is 16.7 Å². The van der Waals surface area contributed by atoms with Crippen LogP contribution in [0.25, 0.3) is 11.0 Å². The van der Waals surface area contributed by atoms with Gasteiger partial charge in [0.15, 0.2) is 0 Å². The average molecular weight is 435 g/mol. The fourth-order valence-electron chi connectivity index (χ4n) is 3.52. The van der Waals surface area contributed by atoms with E-state index >= 15 is 0 Å². The summed E-state index contributed by atoms with van der Waals surface area (Å²) in [5, 5.41) is 12.3. The van der Waals surface area contributed by atoms with E-state index < -0.39 is 17.4 Å². The summed E-state index contributed by atoms with van der Waals surface area (Å²) in [5.74, 6) is 0.246. The molecule has 0 saturated heterocycles. The zero-order valence-corrected chi connectivity index (χ0v) is 17.5. The van der Waals surface area contributed by atoms with Gasteiger partial charge in [0.05, 0.1) is 12.2 Å². The van der Waals surface area contributed by atoms with Gasteiger partial charge in [-0.15, -0.1) is 0 Å². The van der Waals surface area contributed by atoms with Crippen LogP contribution in [-0.4, -0.2) is 18.3 Å². The van der Waals surface area contributed by atoms with E-state index in [-0.39, 0.29) is 37.1 Å². The van der Waals surface area contributed by atoms with E-state index in [9.17, 15) is 18.0 Å². The first-order valence-electron chi connectivity index (χ1n) is 9.86. The van der Waals surface area contributed by atoms with Crippen LogP contribution in [0.4, 0.5) is 18.9 Å². The first-order valence-corrected chi connectivity index (χ1v) is 9.86. The smallest absolute Gasteiger partial charge is 0.418 e. The van der Waals surface area contributed by atoms with E-state index in [0.29, 0.717) is 16.5 Å². The Balaban J connectivity index is 1.98. The van der Waals surface area contributed by atoms with Gasteiger partial charge in [-0.05, 0) is 59.9 Å². The number of aliphatic hydroxyl groups is 1. The quantitative estimate of drug-likeness (QED) is 0.498. The molecule has 166 valence electrons. The number of rotatable bonds is 7. The van der Waals surface area contributed by atoms with Crippen LogP contribution in [0.15, 0.2) is 45.6 Å². The second-order valence-electron chi connectivity index (χ2n) is 7.58. The Morgan fingerprint density at radius 3 is 2.55 bits per heavy atom. The fourth-order valence-corrected chi connectivity index (χ4v) is 3.52. The molecule has 3 aromatic rings. The number of hydrogen-bond acceptors (Lipinski definition) is 5. The molecule has 2 aromatic carbocycles. The number of alkyl halides is 3. The molecule has 0 aliphatic rings. The van der Waals surface area contributed by atoms with Crippen molar-refractivity contribution < 1.29 is 27.4 Å². The monoisotopic (exact) mass is 435 g/mol. The van der Waals surface area contributed by atoms with Crippen molar-refractivity contribution in [3.8, 4) is 5.75 Å². The molecule has 0 fully saturated rings. The second kappa shape index (κ2) is 9.01. The molecule has 0 unspecified atom stereocenters. The lowest BCUT2D eigenvalue weighted by Gasteiger charge is -2.17. The summed E-state index contributed by atoms with van der Waals surface area (Å²) in [6, 6.07) is 8.55. The lowest BCUT2D eigenvalue weighted by molar-refractivity contribution is -0.137. The van der Waals surface area contributed by atoms with Gasteiger partial charge in [0, 0.05) is 23.7 Å². The van der Waals surface area contributed by atoms with Gasteiger partial charge in [-0.1, -0.05) is 13.8 Å². The molecule has 0 saturated carbocycles.